The van der Waals surface area contributed by atoms with Gasteiger partial charge in [-0.05, 0) is 42.2 Å². The summed E-state index contributed by atoms with van der Waals surface area (Å²) in [5.41, 5.74) is 4.15. The van der Waals surface area contributed by atoms with Crippen LogP contribution in [-0.2, 0) is 6.42 Å². The second-order valence-electron chi connectivity index (χ2n) is 5.01. The highest BCUT2D eigenvalue weighted by Crippen LogP contribution is 2.34. The van der Waals surface area contributed by atoms with Crippen LogP contribution in [0.25, 0.3) is 0 Å². The number of oxime groups is 1. The van der Waals surface area contributed by atoms with Gasteiger partial charge in [0.05, 0.1) is 12.8 Å². The summed E-state index contributed by atoms with van der Waals surface area (Å²) < 4.78 is 5.26. The van der Waals surface area contributed by atoms with Crippen molar-refractivity contribution in [2.45, 2.75) is 18.8 Å². The Bertz CT molecular complexity index is 635. The maximum absolute atomic E-state index is 9.45. The van der Waals surface area contributed by atoms with Crippen molar-refractivity contribution in [3.8, 4) is 5.75 Å². The molecule has 2 aromatic rings. The van der Waals surface area contributed by atoms with Crippen LogP contribution in [0.4, 0.5) is 0 Å². The highest BCUT2D eigenvalue weighted by atomic mass is 16.5. The lowest BCUT2D eigenvalue weighted by Gasteiger charge is -2.26. The van der Waals surface area contributed by atoms with Gasteiger partial charge in [0.1, 0.15) is 5.75 Å². The second-order valence-corrected chi connectivity index (χ2v) is 5.01. The van der Waals surface area contributed by atoms with Crippen LogP contribution in [0.3, 0.4) is 0 Å². The molecule has 0 heterocycles. The van der Waals surface area contributed by atoms with Crippen LogP contribution >= 0.6 is 0 Å². The van der Waals surface area contributed by atoms with E-state index < -0.39 is 0 Å². The Labute approximate surface area is 118 Å². The minimum Gasteiger partial charge on any atom is -0.497 e. The molecule has 0 unspecified atom stereocenters. The molecule has 1 atom stereocenters. The van der Waals surface area contributed by atoms with Crippen LogP contribution < -0.4 is 4.74 Å². The third-order valence-corrected chi connectivity index (χ3v) is 3.93. The average Bonchev–Trinajstić information content (AvgIpc) is 2.53. The molecule has 0 bridgehead atoms. The van der Waals surface area contributed by atoms with E-state index in [1.54, 1.807) is 7.11 Å². The molecule has 0 spiro atoms. The van der Waals surface area contributed by atoms with Crippen molar-refractivity contribution < 1.29 is 9.94 Å². The Morgan fingerprint density at radius 3 is 2.65 bits per heavy atom. The van der Waals surface area contributed by atoms with Crippen LogP contribution in [0.1, 0.15) is 29.0 Å². The average molecular weight is 267 g/mol. The molecule has 1 aliphatic rings. The largest absolute Gasteiger partial charge is 0.497 e. The van der Waals surface area contributed by atoms with Crippen LogP contribution in [0.15, 0.2) is 53.7 Å². The molecule has 3 heteroatoms. The van der Waals surface area contributed by atoms with Crippen molar-refractivity contribution in [2.75, 3.05) is 7.11 Å². The summed E-state index contributed by atoms with van der Waals surface area (Å²) in [5, 5.41) is 13.0. The van der Waals surface area contributed by atoms with E-state index in [-0.39, 0.29) is 5.92 Å². The van der Waals surface area contributed by atoms with E-state index in [1.807, 2.05) is 36.4 Å². The SMILES string of the molecule is COc1ccc2c(c1)CC[C@H](c1ccccc1)/C2=N/O. The number of aryl methyl sites for hydroxylation is 1. The van der Waals surface area contributed by atoms with Gasteiger partial charge in [-0.3, -0.25) is 0 Å². The molecular formula is C17H17NO2. The van der Waals surface area contributed by atoms with Crippen LogP contribution in [-0.4, -0.2) is 18.0 Å². The lowest BCUT2D eigenvalue weighted by atomic mass is 9.78. The number of ether oxygens (including phenoxy) is 1. The van der Waals surface area contributed by atoms with Gasteiger partial charge in [0.2, 0.25) is 0 Å². The van der Waals surface area contributed by atoms with E-state index in [1.165, 1.54) is 11.1 Å². The first-order valence-electron chi connectivity index (χ1n) is 6.77. The Balaban J connectivity index is 2.03. The summed E-state index contributed by atoms with van der Waals surface area (Å²) in [4.78, 5) is 0. The van der Waals surface area contributed by atoms with Gasteiger partial charge in [-0.25, -0.2) is 0 Å². The van der Waals surface area contributed by atoms with E-state index in [0.29, 0.717) is 0 Å². The minimum atomic E-state index is 0.155. The fourth-order valence-corrected chi connectivity index (χ4v) is 2.91. The third-order valence-electron chi connectivity index (χ3n) is 3.93. The predicted octanol–water partition coefficient (Wildman–Crippen LogP) is 3.60. The van der Waals surface area contributed by atoms with Gasteiger partial charge in [-0.2, -0.15) is 0 Å². The normalized spacial score (nSPS) is 19.6. The van der Waals surface area contributed by atoms with Gasteiger partial charge in [-0.1, -0.05) is 35.5 Å². The van der Waals surface area contributed by atoms with E-state index in [4.69, 9.17) is 4.74 Å². The van der Waals surface area contributed by atoms with Crippen molar-refractivity contribution in [1.29, 1.82) is 0 Å². The van der Waals surface area contributed by atoms with Gasteiger partial charge < -0.3 is 9.94 Å². The first kappa shape index (κ1) is 12.7. The molecule has 20 heavy (non-hydrogen) atoms. The monoisotopic (exact) mass is 267 g/mol. The molecule has 0 saturated heterocycles. The maximum Gasteiger partial charge on any atom is 0.119 e. The molecule has 102 valence electrons. The van der Waals surface area contributed by atoms with Gasteiger partial charge >= 0.3 is 0 Å². The molecule has 0 amide bonds. The summed E-state index contributed by atoms with van der Waals surface area (Å²) in [6.45, 7) is 0. The standard InChI is InChI=1S/C17H17NO2/c1-20-14-8-10-16-13(11-14)7-9-15(17(16)18-19)12-5-3-2-4-6-12/h2-6,8,10-11,15,19H,7,9H2,1H3/b18-17-/t15-/m1/s1. The smallest absolute Gasteiger partial charge is 0.119 e. The topological polar surface area (TPSA) is 41.8 Å². The minimum absolute atomic E-state index is 0.155. The molecule has 0 saturated carbocycles. The number of hydrogen-bond donors (Lipinski definition) is 1. The molecule has 0 radical (unpaired) electrons. The second kappa shape index (κ2) is 5.37. The molecule has 1 N–H and O–H groups in total. The maximum atomic E-state index is 9.45. The summed E-state index contributed by atoms with van der Waals surface area (Å²) in [5.74, 6) is 1.00. The Morgan fingerprint density at radius 1 is 1.15 bits per heavy atom. The molecule has 2 aromatic carbocycles. The van der Waals surface area contributed by atoms with E-state index >= 15 is 0 Å². The van der Waals surface area contributed by atoms with Crippen molar-refractivity contribution in [2.24, 2.45) is 5.16 Å². The molecule has 0 aliphatic heterocycles. The quantitative estimate of drug-likeness (QED) is 0.667. The first-order chi connectivity index (χ1) is 9.83. The summed E-state index contributed by atoms with van der Waals surface area (Å²) >= 11 is 0. The zero-order valence-corrected chi connectivity index (χ0v) is 11.4. The van der Waals surface area contributed by atoms with Gasteiger partial charge in [0.15, 0.2) is 0 Å². The molecule has 1 aliphatic carbocycles. The number of rotatable bonds is 2. The number of benzene rings is 2. The highest BCUT2D eigenvalue weighted by Gasteiger charge is 2.27. The Morgan fingerprint density at radius 2 is 1.95 bits per heavy atom. The fourth-order valence-electron chi connectivity index (χ4n) is 2.91. The van der Waals surface area contributed by atoms with Crippen molar-refractivity contribution in [3.05, 3.63) is 65.2 Å². The number of nitrogens with zero attached hydrogens (tertiary/aromatic N) is 1. The van der Waals surface area contributed by atoms with Gasteiger partial charge in [0.25, 0.3) is 0 Å². The predicted molar refractivity (Wildman–Crippen MR) is 78.8 cm³/mol. The van der Waals surface area contributed by atoms with Crippen molar-refractivity contribution in [3.63, 3.8) is 0 Å². The zero-order valence-electron chi connectivity index (χ0n) is 11.4. The number of fused-ring (bicyclic) bond motifs is 1. The summed E-state index contributed by atoms with van der Waals surface area (Å²) in [6, 6.07) is 16.1. The molecule has 3 nitrogen and oxygen atoms in total. The van der Waals surface area contributed by atoms with Crippen LogP contribution in [0, 0.1) is 0 Å². The van der Waals surface area contributed by atoms with E-state index in [2.05, 4.69) is 17.3 Å². The van der Waals surface area contributed by atoms with Gasteiger partial charge in [-0.15, -0.1) is 0 Å². The van der Waals surface area contributed by atoms with E-state index in [9.17, 15) is 5.21 Å². The summed E-state index contributed by atoms with van der Waals surface area (Å²) in [6.07, 6.45) is 1.91. The summed E-state index contributed by atoms with van der Waals surface area (Å²) in [7, 11) is 1.67. The lowest BCUT2D eigenvalue weighted by molar-refractivity contribution is 0.316. The van der Waals surface area contributed by atoms with Crippen molar-refractivity contribution >= 4 is 5.71 Å². The Kier molecular flexibility index (Phi) is 3.42. The zero-order chi connectivity index (χ0) is 13.9. The fraction of sp³-hybridized carbons (Fsp3) is 0.235. The highest BCUT2D eigenvalue weighted by molar-refractivity contribution is 6.06. The van der Waals surface area contributed by atoms with Gasteiger partial charge in [0, 0.05) is 11.5 Å². The number of methoxy groups -OCH3 is 1. The molecule has 3 rings (SSSR count). The Hall–Kier alpha value is -2.29. The van der Waals surface area contributed by atoms with Crippen LogP contribution in [0.5, 0.6) is 5.75 Å². The lowest BCUT2D eigenvalue weighted by Crippen LogP contribution is -2.22. The first-order valence-corrected chi connectivity index (χ1v) is 6.77. The number of hydrogen-bond acceptors (Lipinski definition) is 3. The molecule has 0 fully saturated rings. The molecule has 0 aromatic heterocycles. The van der Waals surface area contributed by atoms with E-state index in [0.717, 1.165) is 29.9 Å². The van der Waals surface area contributed by atoms with Crippen molar-refractivity contribution in [1.82, 2.24) is 0 Å². The van der Waals surface area contributed by atoms with Crippen LogP contribution in [0.2, 0.25) is 0 Å². The third kappa shape index (κ3) is 2.16. The molecular weight excluding hydrogens is 250 g/mol.